The number of rotatable bonds is 3. The van der Waals surface area contributed by atoms with Crippen molar-refractivity contribution in [3.05, 3.63) is 57.6 Å². The van der Waals surface area contributed by atoms with Crippen molar-refractivity contribution in [2.75, 3.05) is 12.4 Å². The minimum absolute atomic E-state index is 0.170. The van der Waals surface area contributed by atoms with E-state index >= 15 is 0 Å². The third-order valence-electron chi connectivity index (χ3n) is 3.10. The lowest BCUT2D eigenvalue weighted by Crippen LogP contribution is -2.14. The standard InChI is InChI=1S/C16H16BrNO2/c1-10-5-4-6-13(15(10)20-3)16(19)18-14-8-7-12(17)9-11(14)2/h4-9H,1-3H3,(H,18,19). The maximum Gasteiger partial charge on any atom is 0.259 e. The number of carbonyl (C=O) groups excluding carboxylic acids is 1. The molecular formula is C16H16BrNO2. The number of hydrogen-bond acceptors (Lipinski definition) is 2. The van der Waals surface area contributed by atoms with Gasteiger partial charge in [-0.2, -0.15) is 0 Å². The third kappa shape index (κ3) is 3.02. The van der Waals surface area contributed by atoms with Gasteiger partial charge >= 0.3 is 0 Å². The average Bonchev–Trinajstić information content (AvgIpc) is 2.41. The smallest absolute Gasteiger partial charge is 0.259 e. The summed E-state index contributed by atoms with van der Waals surface area (Å²) in [6.45, 7) is 3.87. The molecule has 0 radical (unpaired) electrons. The van der Waals surface area contributed by atoms with Crippen LogP contribution < -0.4 is 10.1 Å². The van der Waals surface area contributed by atoms with Gasteiger partial charge in [-0.3, -0.25) is 4.79 Å². The monoisotopic (exact) mass is 333 g/mol. The average molecular weight is 334 g/mol. The topological polar surface area (TPSA) is 38.3 Å². The lowest BCUT2D eigenvalue weighted by molar-refractivity contribution is 0.102. The zero-order chi connectivity index (χ0) is 14.7. The Kier molecular flexibility index (Phi) is 4.45. The van der Waals surface area contributed by atoms with E-state index in [2.05, 4.69) is 21.2 Å². The first-order valence-electron chi connectivity index (χ1n) is 6.24. The second-order valence-corrected chi connectivity index (χ2v) is 5.48. The number of amides is 1. The molecule has 2 aromatic rings. The summed E-state index contributed by atoms with van der Waals surface area (Å²) in [6.07, 6.45) is 0. The molecule has 0 unspecified atom stereocenters. The van der Waals surface area contributed by atoms with Crippen LogP contribution in [0.3, 0.4) is 0 Å². The predicted molar refractivity (Wildman–Crippen MR) is 84.6 cm³/mol. The van der Waals surface area contributed by atoms with Crippen LogP contribution in [-0.4, -0.2) is 13.0 Å². The quantitative estimate of drug-likeness (QED) is 0.907. The Morgan fingerprint density at radius 2 is 1.90 bits per heavy atom. The highest BCUT2D eigenvalue weighted by Crippen LogP contribution is 2.25. The molecule has 0 heterocycles. The van der Waals surface area contributed by atoms with E-state index in [1.54, 1.807) is 13.2 Å². The van der Waals surface area contributed by atoms with E-state index in [9.17, 15) is 4.79 Å². The number of hydrogen-bond donors (Lipinski definition) is 1. The van der Waals surface area contributed by atoms with Gasteiger partial charge in [0.2, 0.25) is 0 Å². The van der Waals surface area contributed by atoms with Gasteiger partial charge in [-0.05, 0) is 49.2 Å². The number of nitrogens with one attached hydrogen (secondary N) is 1. The molecule has 0 aliphatic heterocycles. The minimum Gasteiger partial charge on any atom is -0.496 e. The van der Waals surface area contributed by atoms with Crippen LogP contribution in [0.1, 0.15) is 21.5 Å². The lowest BCUT2D eigenvalue weighted by atomic mass is 10.1. The molecule has 0 aromatic heterocycles. The van der Waals surface area contributed by atoms with Crippen molar-refractivity contribution in [1.82, 2.24) is 0 Å². The Morgan fingerprint density at radius 3 is 2.55 bits per heavy atom. The van der Waals surface area contributed by atoms with Crippen LogP contribution in [0, 0.1) is 13.8 Å². The summed E-state index contributed by atoms with van der Waals surface area (Å²) < 4.78 is 6.30. The molecule has 0 aliphatic rings. The van der Waals surface area contributed by atoms with Crippen LogP contribution in [-0.2, 0) is 0 Å². The summed E-state index contributed by atoms with van der Waals surface area (Å²) in [6, 6.07) is 11.3. The summed E-state index contributed by atoms with van der Waals surface area (Å²) in [5.41, 5.74) is 3.27. The van der Waals surface area contributed by atoms with Gasteiger partial charge in [0.05, 0.1) is 12.7 Å². The Bertz CT molecular complexity index is 653. The molecule has 2 aromatic carbocycles. The fourth-order valence-electron chi connectivity index (χ4n) is 2.06. The van der Waals surface area contributed by atoms with Gasteiger partial charge in [-0.15, -0.1) is 0 Å². The first-order valence-corrected chi connectivity index (χ1v) is 7.03. The van der Waals surface area contributed by atoms with E-state index in [0.717, 1.165) is 21.3 Å². The van der Waals surface area contributed by atoms with Gasteiger partial charge < -0.3 is 10.1 Å². The molecular weight excluding hydrogens is 318 g/mol. The molecule has 0 saturated carbocycles. The highest BCUT2D eigenvalue weighted by Gasteiger charge is 2.14. The summed E-state index contributed by atoms with van der Waals surface area (Å²) in [4.78, 5) is 12.4. The minimum atomic E-state index is -0.170. The van der Waals surface area contributed by atoms with Gasteiger partial charge in [0.1, 0.15) is 5.75 Å². The summed E-state index contributed by atoms with van der Waals surface area (Å²) >= 11 is 3.41. The summed E-state index contributed by atoms with van der Waals surface area (Å²) in [7, 11) is 1.57. The molecule has 104 valence electrons. The zero-order valence-corrected chi connectivity index (χ0v) is 13.2. The second kappa shape index (κ2) is 6.09. The Morgan fingerprint density at radius 1 is 1.15 bits per heavy atom. The molecule has 1 N–H and O–H groups in total. The van der Waals surface area contributed by atoms with Crippen molar-refractivity contribution in [3.63, 3.8) is 0 Å². The molecule has 4 heteroatoms. The summed E-state index contributed by atoms with van der Waals surface area (Å²) in [5, 5.41) is 2.92. The second-order valence-electron chi connectivity index (χ2n) is 4.57. The Hall–Kier alpha value is -1.81. The van der Waals surface area contributed by atoms with Crippen molar-refractivity contribution >= 4 is 27.5 Å². The van der Waals surface area contributed by atoms with Gasteiger partial charge in [0, 0.05) is 10.2 Å². The van der Waals surface area contributed by atoms with E-state index in [4.69, 9.17) is 4.74 Å². The first kappa shape index (κ1) is 14.6. The van der Waals surface area contributed by atoms with Crippen molar-refractivity contribution in [2.45, 2.75) is 13.8 Å². The predicted octanol–water partition coefficient (Wildman–Crippen LogP) is 4.33. The van der Waals surface area contributed by atoms with Crippen LogP contribution in [0.25, 0.3) is 0 Å². The zero-order valence-electron chi connectivity index (χ0n) is 11.7. The van der Waals surface area contributed by atoms with Crippen LogP contribution in [0.5, 0.6) is 5.75 Å². The van der Waals surface area contributed by atoms with Gasteiger partial charge in [-0.25, -0.2) is 0 Å². The van der Waals surface area contributed by atoms with Gasteiger partial charge in [0.15, 0.2) is 0 Å². The van der Waals surface area contributed by atoms with E-state index in [0.29, 0.717) is 11.3 Å². The SMILES string of the molecule is COc1c(C)cccc1C(=O)Nc1ccc(Br)cc1C. The molecule has 0 fully saturated rings. The maximum atomic E-state index is 12.4. The van der Waals surface area contributed by atoms with E-state index in [1.165, 1.54) is 0 Å². The number of ether oxygens (including phenoxy) is 1. The molecule has 3 nitrogen and oxygen atoms in total. The Balaban J connectivity index is 2.31. The first-order chi connectivity index (χ1) is 9.52. The van der Waals surface area contributed by atoms with E-state index < -0.39 is 0 Å². The van der Waals surface area contributed by atoms with Gasteiger partial charge in [0.25, 0.3) is 5.91 Å². The molecule has 0 spiro atoms. The number of benzene rings is 2. The van der Waals surface area contributed by atoms with E-state index in [1.807, 2.05) is 44.2 Å². The van der Waals surface area contributed by atoms with Crippen LogP contribution in [0.15, 0.2) is 40.9 Å². The van der Waals surface area contributed by atoms with Crippen molar-refractivity contribution in [3.8, 4) is 5.75 Å². The highest BCUT2D eigenvalue weighted by molar-refractivity contribution is 9.10. The third-order valence-corrected chi connectivity index (χ3v) is 3.59. The molecule has 0 aliphatic carbocycles. The molecule has 0 saturated heterocycles. The lowest BCUT2D eigenvalue weighted by Gasteiger charge is -2.13. The number of carbonyl (C=O) groups is 1. The number of methoxy groups -OCH3 is 1. The summed E-state index contributed by atoms with van der Waals surface area (Å²) in [5.74, 6) is 0.440. The van der Waals surface area contributed by atoms with Crippen molar-refractivity contribution < 1.29 is 9.53 Å². The number of aryl methyl sites for hydroxylation is 2. The van der Waals surface area contributed by atoms with Crippen LogP contribution in [0.4, 0.5) is 5.69 Å². The molecule has 0 atom stereocenters. The normalized spacial score (nSPS) is 10.2. The largest absolute Gasteiger partial charge is 0.496 e. The van der Waals surface area contributed by atoms with Crippen molar-refractivity contribution in [2.24, 2.45) is 0 Å². The number of halogens is 1. The van der Waals surface area contributed by atoms with E-state index in [-0.39, 0.29) is 5.91 Å². The molecule has 1 amide bonds. The van der Waals surface area contributed by atoms with Crippen molar-refractivity contribution in [1.29, 1.82) is 0 Å². The maximum absolute atomic E-state index is 12.4. The number of para-hydroxylation sites is 1. The molecule has 0 bridgehead atoms. The fraction of sp³-hybridized carbons (Fsp3) is 0.188. The highest BCUT2D eigenvalue weighted by atomic mass is 79.9. The molecule has 20 heavy (non-hydrogen) atoms. The van der Waals surface area contributed by atoms with Crippen LogP contribution >= 0.6 is 15.9 Å². The number of anilines is 1. The van der Waals surface area contributed by atoms with Crippen LogP contribution in [0.2, 0.25) is 0 Å². The fourth-order valence-corrected chi connectivity index (χ4v) is 2.53. The molecule has 2 rings (SSSR count). The van der Waals surface area contributed by atoms with Gasteiger partial charge in [-0.1, -0.05) is 28.1 Å². The Labute approximate surface area is 127 Å².